The SMILES string of the molecule is Cc1cc(-c2ccc(NN=C(C#N)C#N)cc2)n[nH]c1=O. The van der Waals surface area contributed by atoms with Crippen LogP contribution >= 0.6 is 0 Å². The average molecular weight is 278 g/mol. The lowest BCUT2D eigenvalue weighted by molar-refractivity contribution is 0.976. The van der Waals surface area contributed by atoms with Crippen molar-refractivity contribution in [2.45, 2.75) is 6.92 Å². The van der Waals surface area contributed by atoms with Gasteiger partial charge in [0.25, 0.3) is 5.56 Å². The smallest absolute Gasteiger partial charge is 0.267 e. The fourth-order valence-corrected chi connectivity index (χ4v) is 1.56. The summed E-state index contributed by atoms with van der Waals surface area (Å²) in [5.41, 5.74) is 4.83. The Bertz CT molecular complexity index is 804. The quantitative estimate of drug-likeness (QED) is 0.652. The van der Waals surface area contributed by atoms with Crippen molar-refractivity contribution in [1.82, 2.24) is 10.2 Å². The molecule has 0 spiro atoms. The number of rotatable bonds is 3. The number of hydrogen-bond acceptors (Lipinski definition) is 6. The Labute approximate surface area is 120 Å². The van der Waals surface area contributed by atoms with Crippen molar-refractivity contribution in [3.05, 3.63) is 46.2 Å². The second-order valence-electron chi connectivity index (χ2n) is 4.14. The number of hydrazone groups is 1. The van der Waals surface area contributed by atoms with E-state index in [9.17, 15) is 4.79 Å². The Morgan fingerprint density at radius 1 is 1.29 bits per heavy atom. The zero-order valence-corrected chi connectivity index (χ0v) is 11.1. The van der Waals surface area contributed by atoms with E-state index in [1.54, 1.807) is 49.4 Å². The molecule has 0 aliphatic heterocycles. The predicted molar refractivity (Wildman–Crippen MR) is 77.3 cm³/mol. The molecular formula is C14H10N6O. The zero-order valence-electron chi connectivity index (χ0n) is 11.1. The van der Waals surface area contributed by atoms with Gasteiger partial charge >= 0.3 is 0 Å². The summed E-state index contributed by atoms with van der Waals surface area (Å²) in [5.74, 6) is 0. The van der Waals surface area contributed by atoms with Gasteiger partial charge in [-0.05, 0) is 25.1 Å². The van der Waals surface area contributed by atoms with E-state index in [0.29, 0.717) is 16.9 Å². The van der Waals surface area contributed by atoms with Crippen LogP contribution in [0.1, 0.15) is 5.56 Å². The van der Waals surface area contributed by atoms with Gasteiger partial charge in [0, 0.05) is 11.1 Å². The number of hydrogen-bond donors (Lipinski definition) is 2. The molecule has 2 N–H and O–H groups in total. The van der Waals surface area contributed by atoms with Gasteiger partial charge in [0.1, 0.15) is 12.1 Å². The Morgan fingerprint density at radius 3 is 2.52 bits per heavy atom. The van der Waals surface area contributed by atoms with Crippen molar-refractivity contribution in [2.75, 3.05) is 5.43 Å². The Balaban J connectivity index is 2.21. The van der Waals surface area contributed by atoms with Crippen molar-refractivity contribution in [3.8, 4) is 23.4 Å². The fraction of sp³-hybridized carbons (Fsp3) is 0.0714. The predicted octanol–water partition coefficient (Wildman–Crippen LogP) is 1.56. The van der Waals surface area contributed by atoms with Crippen molar-refractivity contribution in [3.63, 3.8) is 0 Å². The van der Waals surface area contributed by atoms with Gasteiger partial charge in [0.2, 0.25) is 5.71 Å². The van der Waals surface area contributed by atoms with Crippen molar-refractivity contribution in [2.24, 2.45) is 5.10 Å². The van der Waals surface area contributed by atoms with Crippen LogP contribution in [0.4, 0.5) is 5.69 Å². The normalized spacial score (nSPS) is 9.29. The Morgan fingerprint density at radius 2 is 1.95 bits per heavy atom. The number of H-pyrrole nitrogens is 1. The summed E-state index contributed by atoms with van der Waals surface area (Å²) in [4.78, 5) is 11.3. The number of aromatic amines is 1. The summed E-state index contributed by atoms with van der Waals surface area (Å²) in [6.07, 6.45) is 0. The molecule has 0 aliphatic rings. The van der Waals surface area contributed by atoms with E-state index in [4.69, 9.17) is 10.5 Å². The number of benzene rings is 1. The molecular weight excluding hydrogens is 268 g/mol. The van der Waals surface area contributed by atoms with Gasteiger partial charge in [0.15, 0.2) is 0 Å². The third-order valence-electron chi connectivity index (χ3n) is 2.68. The monoisotopic (exact) mass is 278 g/mol. The lowest BCUT2D eigenvalue weighted by Crippen LogP contribution is -2.11. The van der Waals surface area contributed by atoms with E-state index < -0.39 is 0 Å². The number of nitriles is 2. The lowest BCUT2D eigenvalue weighted by Gasteiger charge is -2.03. The van der Waals surface area contributed by atoms with E-state index >= 15 is 0 Å². The van der Waals surface area contributed by atoms with E-state index in [1.807, 2.05) is 0 Å². The number of aryl methyl sites for hydroxylation is 1. The first-order chi connectivity index (χ1) is 10.1. The van der Waals surface area contributed by atoms with E-state index in [2.05, 4.69) is 20.7 Å². The fourth-order valence-electron chi connectivity index (χ4n) is 1.56. The largest absolute Gasteiger partial charge is 0.277 e. The van der Waals surface area contributed by atoms with Gasteiger partial charge in [-0.1, -0.05) is 12.1 Å². The molecule has 0 saturated carbocycles. The third-order valence-corrected chi connectivity index (χ3v) is 2.68. The molecule has 1 aromatic heterocycles. The van der Waals surface area contributed by atoms with E-state index in [-0.39, 0.29) is 11.3 Å². The molecule has 21 heavy (non-hydrogen) atoms. The molecule has 0 atom stereocenters. The van der Waals surface area contributed by atoms with Gasteiger partial charge in [-0.25, -0.2) is 5.10 Å². The first-order valence-corrected chi connectivity index (χ1v) is 5.94. The standard InChI is InChI=1S/C14H10N6O/c1-9-6-13(19-20-14(9)21)10-2-4-11(5-3-10)17-18-12(7-15)8-16/h2-6,17H,1H3,(H,20,21). The topological polar surface area (TPSA) is 118 Å². The highest BCUT2D eigenvalue weighted by atomic mass is 16.1. The highest BCUT2D eigenvalue weighted by Gasteiger charge is 2.02. The molecule has 0 radical (unpaired) electrons. The highest BCUT2D eigenvalue weighted by molar-refractivity contribution is 6.10. The Kier molecular flexibility index (Phi) is 4.08. The van der Waals surface area contributed by atoms with Crippen LogP contribution in [0.2, 0.25) is 0 Å². The minimum Gasteiger partial charge on any atom is -0.277 e. The van der Waals surface area contributed by atoms with Crippen molar-refractivity contribution >= 4 is 11.4 Å². The zero-order chi connectivity index (χ0) is 15.2. The molecule has 102 valence electrons. The molecule has 0 amide bonds. The van der Waals surface area contributed by atoms with E-state index in [1.165, 1.54) is 0 Å². The molecule has 0 aliphatic carbocycles. The number of aromatic nitrogens is 2. The second-order valence-corrected chi connectivity index (χ2v) is 4.14. The maximum absolute atomic E-state index is 11.3. The van der Waals surface area contributed by atoms with Crippen LogP contribution in [0.25, 0.3) is 11.3 Å². The molecule has 1 heterocycles. The van der Waals surface area contributed by atoms with Crippen LogP contribution in [0.3, 0.4) is 0 Å². The van der Waals surface area contributed by atoms with Crippen LogP contribution in [-0.4, -0.2) is 15.9 Å². The summed E-state index contributed by atoms with van der Waals surface area (Å²) >= 11 is 0. The van der Waals surface area contributed by atoms with Crippen LogP contribution in [0.15, 0.2) is 40.2 Å². The van der Waals surface area contributed by atoms with Crippen molar-refractivity contribution < 1.29 is 0 Å². The summed E-state index contributed by atoms with van der Waals surface area (Å²) in [5, 5.41) is 27.2. The number of anilines is 1. The molecule has 0 unspecified atom stereocenters. The Hall–Kier alpha value is -3.45. The van der Waals surface area contributed by atoms with E-state index in [0.717, 1.165) is 5.56 Å². The molecule has 7 heteroatoms. The minimum absolute atomic E-state index is 0.216. The van der Waals surface area contributed by atoms with Gasteiger partial charge in [-0.3, -0.25) is 10.2 Å². The summed E-state index contributed by atoms with van der Waals surface area (Å²) in [6.45, 7) is 1.71. The minimum atomic E-state index is -0.253. The van der Waals surface area contributed by atoms with Gasteiger partial charge in [-0.2, -0.15) is 20.7 Å². The number of nitrogens with zero attached hydrogens (tertiary/aromatic N) is 4. The van der Waals surface area contributed by atoms with Gasteiger partial charge < -0.3 is 0 Å². The molecule has 0 saturated heterocycles. The molecule has 0 bridgehead atoms. The molecule has 2 aromatic rings. The molecule has 1 aromatic carbocycles. The van der Waals surface area contributed by atoms with Gasteiger partial charge in [0.05, 0.1) is 11.4 Å². The maximum Gasteiger partial charge on any atom is 0.267 e. The molecule has 7 nitrogen and oxygen atoms in total. The molecule has 0 fully saturated rings. The van der Waals surface area contributed by atoms with Crippen LogP contribution in [-0.2, 0) is 0 Å². The summed E-state index contributed by atoms with van der Waals surface area (Å²) in [7, 11) is 0. The first-order valence-electron chi connectivity index (χ1n) is 5.94. The van der Waals surface area contributed by atoms with Gasteiger partial charge in [-0.15, -0.1) is 0 Å². The van der Waals surface area contributed by atoms with Crippen LogP contribution in [0, 0.1) is 29.6 Å². The number of nitrogens with one attached hydrogen (secondary N) is 2. The second kappa shape index (κ2) is 6.13. The first kappa shape index (κ1) is 14.0. The summed E-state index contributed by atoms with van der Waals surface area (Å²) < 4.78 is 0. The third kappa shape index (κ3) is 3.31. The highest BCUT2D eigenvalue weighted by Crippen LogP contribution is 2.18. The molecule has 2 rings (SSSR count). The lowest BCUT2D eigenvalue weighted by atomic mass is 10.1. The van der Waals surface area contributed by atoms with Crippen LogP contribution in [0.5, 0.6) is 0 Å². The summed E-state index contributed by atoms with van der Waals surface area (Å²) in [6, 6.07) is 12.0. The van der Waals surface area contributed by atoms with Crippen LogP contribution < -0.4 is 11.0 Å². The average Bonchev–Trinajstić information content (AvgIpc) is 2.52. The maximum atomic E-state index is 11.3. The van der Waals surface area contributed by atoms with Crippen molar-refractivity contribution in [1.29, 1.82) is 10.5 Å².